The van der Waals surface area contributed by atoms with Gasteiger partial charge in [0, 0.05) is 0 Å². The first kappa shape index (κ1) is 9.82. The van der Waals surface area contributed by atoms with Crippen molar-refractivity contribution in [1.82, 2.24) is 0 Å². The molecule has 0 spiro atoms. The summed E-state index contributed by atoms with van der Waals surface area (Å²) in [6.07, 6.45) is -2.80. The summed E-state index contributed by atoms with van der Waals surface area (Å²) >= 11 is 0. The fourth-order valence-corrected chi connectivity index (χ4v) is 0.977. The van der Waals surface area contributed by atoms with E-state index in [1.165, 1.54) is 0 Å². The van der Waals surface area contributed by atoms with E-state index < -0.39 is 12.5 Å². The maximum Gasteiger partial charge on any atom is 0.264 e. The molecule has 0 aromatic rings. The van der Waals surface area contributed by atoms with Crippen LogP contribution in [-0.4, -0.2) is 17.6 Å². The number of hydrogen-bond acceptors (Lipinski definition) is 1. The summed E-state index contributed by atoms with van der Waals surface area (Å²) in [7, 11) is 0. The van der Waals surface area contributed by atoms with Crippen LogP contribution >= 0.6 is 0 Å². The van der Waals surface area contributed by atoms with Crippen molar-refractivity contribution in [3.63, 3.8) is 0 Å². The van der Waals surface area contributed by atoms with E-state index in [4.69, 9.17) is 5.11 Å². The molecule has 0 saturated heterocycles. The van der Waals surface area contributed by atoms with E-state index in [0.29, 0.717) is 12.8 Å². The summed E-state index contributed by atoms with van der Waals surface area (Å²) in [5, 5.41) is 8.84. The van der Waals surface area contributed by atoms with Gasteiger partial charge in [0.05, 0.1) is 0 Å². The van der Waals surface area contributed by atoms with Crippen molar-refractivity contribution in [2.24, 2.45) is 5.92 Å². The van der Waals surface area contributed by atoms with Crippen LogP contribution in [0.5, 0.6) is 0 Å². The van der Waals surface area contributed by atoms with Gasteiger partial charge in [-0.2, -0.15) is 0 Å². The van der Waals surface area contributed by atoms with Crippen LogP contribution in [-0.2, 0) is 0 Å². The molecule has 0 amide bonds. The van der Waals surface area contributed by atoms with Gasteiger partial charge in [-0.1, -0.05) is 26.7 Å². The zero-order valence-electron chi connectivity index (χ0n) is 6.35. The molecule has 0 aromatic carbocycles. The Morgan fingerprint density at radius 2 is 1.60 bits per heavy atom. The lowest BCUT2D eigenvalue weighted by Gasteiger charge is -2.18. The molecule has 1 atom stereocenters. The lowest BCUT2D eigenvalue weighted by molar-refractivity contribution is -0.0404. The largest absolute Gasteiger partial charge is 0.387 e. The fourth-order valence-electron chi connectivity index (χ4n) is 0.977. The molecular weight excluding hydrogens is 138 g/mol. The van der Waals surface area contributed by atoms with E-state index in [0.717, 1.165) is 0 Å². The van der Waals surface area contributed by atoms with E-state index in [1.807, 2.05) is 0 Å². The highest BCUT2D eigenvalue weighted by Gasteiger charge is 2.24. The van der Waals surface area contributed by atoms with Gasteiger partial charge in [-0.25, -0.2) is 8.78 Å². The Bertz CT molecular complexity index is 81.7. The number of rotatable bonds is 4. The third kappa shape index (κ3) is 2.60. The SMILES string of the molecule is CCC(CC)C(O)C(F)F. The first-order valence-corrected chi connectivity index (χ1v) is 3.59. The Labute approximate surface area is 60.1 Å². The standard InChI is InChI=1S/C7H14F2O/c1-3-5(4-2)6(10)7(8)9/h5-7,10H,3-4H2,1-2H3. The summed E-state index contributed by atoms with van der Waals surface area (Å²) < 4.78 is 23.6. The number of aliphatic hydroxyl groups is 1. The molecule has 3 heteroatoms. The normalized spacial score (nSPS) is 14.7. The van der Waals surface area contributed by atoms with Gasteiger partial charge in [0.2, 0.25) is 0 Å². The van der Waals surface area contributed by atoms with Crippen molar-refractivity contribution < 1.29 is 13.9 Å². The molecule has 0 heterocycles. The van der Waals surface area contributed by atoms with Gasteiger partial charge >= 0.3 is 0 Å². The average molecular weight is 152 g/mol. The van der Waals surface area contributed by atoms with Crippen LogP contribution < -0.4 is 0 Å². The lowest BCUT2D eigenvalue weighted by atomic mass is 9.97. The monoisotopic (exact) mass is 152 g/mol. The summed E-state index contributed by atoms with van der Waals surface area (Å²) in [4.78, 5) is 0. The van der Waals surface area contributed by atoms with E-state index in [1.54, 1.807) is 13.8 Å². The Kier molecular flexibility index (Phi) is 4.52. The van der Waals surface area contributed by atoms with Crippen LogP contribution in [0.25, 0.3) is 0 Å². The molecule has 0 fully saturated rings. The second-order valence-electron chi connectivity index (χ2n) is 2.40. The molecule has 1 N–H and O–H groups in total. The fraction of sp³-hybridized carbons (Fsp3) is 1.00. The number of halogens is 2. The predicted molar refractivity (Wildman–Crippen MR) is 36.1 cm³/mol. The highest BCUT2D eigenvalue weighted by Crippen LogP contribution is 2.18. The molecule has 62 valence electrons. The minimum atomic E-state index is -2.59. The van der Waals surface area contributed by atoms with Crippen LogP contribution in [0.2, 0.25) is 0 Å². The van der Waals surface area contributed by atoms with Crippen LogP contribution in [0.15, 0.2) is 0 Å². The molecule has 1 unspecified atom stereocenters. The second-order valence-corrected chi connectivity index (χ2v) is 2.40. The minimum Gasteiger partial charge on any atom is -0.387 e. The van der Waals surface area contributed by atoms with Crippen molar-refractivity contribution in [3.8, 4) is 0 Å². The molecule has 0 aliphatic heterocycles. The van der Waals surface area contributed by atoms with Crippen LogP contribution in [0, 0.1) is 5.92 Å². The highest BCUT2D eigenvalue weighted by atomic mass is 19.3. The van der Waals surface area contributed by atoms with Crippen molar-refractivity contribution in [2.45, 2.75) is 39.2 Å². The van der Waals surface area contributed by atoms with Crippen LogP contribution in [0.3, 0.4) is 0 Å². The summed E-state index contributed by atoms with van der Waals surface area (Å²) in [5.74, 6) is -0.250. The van der Waals surface area contributed by atoms with E-state index in [9.17, 15) is 8.78 Å². The maximum absolute atomic E-state index is 11.8. The summed E-state index contributed by atoms with van der Waals surface area (Å²) in [6.45, 7) is 3.61. The Morgan fingerprint density at radius 1 is 1.20 bits per heavy atom. The van der Waals surface area contributed by atoms with E-state index in [2.05, 4.69) is 0 Å². The van der Waals surface area contributed by atoms with E-state index in [-0.39, 0.29) is 5.92 Å². The first-order valence-electron chi connectivity index (χ1n) is 3.59. The lowest BCUT2D eigenvalue weighted by Crippen LogP contribution is -2.26. The van der Waals surface area contributed by atoms with Gasteiger partial charge in [-0.05, 0) is 5.92 Å². The van der Waals surface area contributed by atoms with Crippen molar-refractivity contribution >= 4 is 0 Å². The van der Waals surface area contributed by atoms with E-state index >= 15 is 0 Å². The third-order valence-corrected chi connectivity index (χ3v) is 1.79. The minimum absolute atomic E-state index is 0.250. The van der Waals surface area contributed by atoms with Gasteiger partial charge < -0.3 is 5.11 Å². The molecule has 1 nitrogen and oxygen atoms in total. The van der Waals surface area contributed by atoms with Crippen LogP contribution in [0.1, 0.15) is 26.7 Å². The Balaban J connectivity index is 3.76. The molecular formula is C7H14F2O. The van der Waals surface area contributed by atoms with Crippen molar-refractivity contribution in [3.05, 3.63) is 0 Å². The van der Waals surface area contributed by atoms with Crippen molar-refractivity contribution in [1.29, 1.82) is 0 Å². The molecule has 0 radical (unpaired) electrons. The molecule has 0 aliphatic rings. The highest BCUT2D eigenvalue weighted by molar-refractivity contribution is 4.67. The summed E-state index contributed by atoms with van der Waals surface area (Å²) in [6, 6.07) is 0. The van der Waals surface area contributed by atoms with Gasteiger partial charge in [-0.15, -0.1) is 0 Å². The molecule has 0 bridgehead atoms. The van der Waals surface area contributed by atoms with Crippen LogP contribution in [0.4, 0.5) is 8.78 Å². The Morgan fingerprint density at radius 3 is 1.70 bits per heavy atom. The van der Waals surface area contributed by atoms with Gasteiger partial charge in [0.1, 0.15) is 6.10 Å². The zero-order chi connectivity index (χ0) is 8.15. The average Bonchev–Trinajstić information content (AvgIpc) is 1.90. The first-order chi connectivity index (χ1) is 4.63. The van der Waals surface area contributed by atoms with Gasteiger partial charge in [0.25, 0.3) is 6.43 Å². The Hall–Kier alpha value is -0.180. The topological polar surface area (TPSA) is 20.2 Å². The second kappa shape index (κ2) is 4.61. The quantitative estimate of drug-likeness (QED) is 0.653. The smallest absolute Gasteiger partial charge is 0.264 e. The van der Waals surface area contributed by atoms with Gasteiger partial charge in [0.15, 0.2) is 0 Å². The number of aliphatic hydroxyl groups excluding tert-OH is 1. The molecule has 0 saturated carbocycles. The third-order valence-electron chi connectivity index (χ3n) is 1.79. The molecule has 10 heavy (non-hydrogen) atoms. The summed E-state index contributed by atoms with van der Waals surface area (Å²) in [5.41, 5.74) is 0. The predicted octanol–water partition coefficient (Wildman–Crippen LogP) is 2.05. The maximum atomic E-state index is 11.8. The number of hydrogen-bond donors (Lipinski definition) is 1. The molecule has 0 aromatic heterocycles. The molecule has 0 aliphatic carbocycles. The van der Waals surface area contributed by atoms with Gasteiger partial charge in [-0.3, -0.25) is 0 Å². The molecule has 0 rings (SSSR count). The number of alkyl halides is 2. The zero-order valence-corrected chi connectivity index (χ0v) is 6.35. The van der Waals surface area contributed by atoms with Crippen molar-refractivity contribution in [2.75, 3.05) is 0 Å².